The summed E-state index contributed by atoms with van der Waals surface area (Å²) >= 11 is 0. The predicted octanol–water partition coefficient (Wildman–Crippen LogP) is -0.977. The molecule has 0 spiro atoms. The topological polar surface area (TPSA) is 66.3 Å². The van der Waals surface area contributed by atoms with E-state index in [2.05, 4.69) is 17.4 Å². The summed E-state index contributed by atoms with van der Waals surface area (Å²) in [7, 11) is 1.68. The molecule has 0 aliphatic carbocycles. The van der Waals surface area contributed by atoms with Gasteiger partial charge in [0.25, 0.3) is 0 Å². The maximum Gasteiger partial charge on any atom is 0.130 e. The summed E-state index contributed by atoms with van der Waals surface area (Å²) in [6.45, 7) is 2.97. The SMILES string of the molecule is COc1cccc(CCC[NH2+]C(C)C(O)c2ccc(O)cc2)c1.[Cl-]. The van der Waals surface area contributed by atoms with E-state index in [0.717, 1.165) is 30.7 Å². The largest absolute Gasteiger partial charge is 1.00 e. The van der Waals surface area contributed by atoms with Crippen molar-refractivity contribution in [2.45, 2.75) is 31.9 Å². The zero-order chi connectivity index (χ0) is 16.7. The van der Waals surface area contributed by atoms with Gasteiger partial charge in [-0.15, -0.1) is 0 Å². The first-order valence-electron chi connectivity index (χ1n) is 8.03. The molecule has 0 saturated heterocycles. The fraction of sp³-hybridized carbons (Fsp3) is 0.368. The van der Waals surface area contributed by atoms with Crippen molar-refractivity contribution in [2.75, 3.05) is 13.7 Å². The minimum Gasteiger partial charge on any atom is -1.00 e. The molecule has 24 heavy (non-hydrogen) atoms. The number of aromatic hydroxyl groups is 1. The summed E-state index contributed by atoms with van der Waals surface area (Å²) in [6, 6.07) is 14.9. The maximum absolute atomic E-state index is 10.3. The third-order valence-corrected chi connectivity index (χ3v) is 4.07. The molecule has 4 nitrogen and oxygen atoms in total. The van der Waals surface area contributed by atoms with Crippen molar-refractivity contribution in [1.29, 1.82) is 0 Å². The van der Waals surface area contributed by atoms with Gasteiger partial charge in [-0.25, -0.2) is 0 Å². The van der Waals surface area contributed by atoms with E-state index in [0.29, 0.717) is 0 Å². The van der Waals surface area contributed by atoms with E-state index in [1.165, 1.54) is 5.56 Å². The van der Waals surface area contributed by atoms with E-state index in [1.807, 2.05) is 19.1 Å². The first-order chi connectivity index (χ1) is 11.1. The monoisotopic (exact) mass is 351 g/mol. The van der Waals surface area contributed by atoms with Crippen molar-refractivity contribution in [2.24, 2.45) is 0 Å². The molecule has 0 bridgehead atoms. The third-order valence-electron chi connectivity index (χ3n) is 4.07. The van der Waals surface area contributed by atoms with Crippen molar-refractivity contribution in [3.63, 3.8) is 0 Å². The third kappa shape index (κ3) is 6.04. The Labute approximate surface area is 149 Å². The number of aliphatic hydroxyl groups is 1. The lowest BCUT2D eigenvalue weighted by atomic mass is 10.0. The minimum absolute atomic E-state index is 0. The Kier molecular flexibility index (Phi) is 8.61. The van der Waals surface area contributed by atoms with Crippen LogP contribution in [0.1, 0.15) is 30.6 Å². The first kappa shape index (κ1) is 20.3. The molecule has 2 aromatic rings. The number of aryl methyl sites for hydroxylation is 1. The van der Waals surface area contributed by atoms with Crippen LogP contribution in [0.15, 0.2) is 48.5 Å². The molecular weight excluding hydrogens is 326 g/mol. The fourth-order valence-corrected chi connectivity index (χ4v) is 2.62. The molecule has 0 aromatic heterocycles. The van der Waals surface area contributed by atoms with Crippen molar-refractivity contribution in [3.05, 3.63) is 59.7 Å². The molecule has 0 radical (unpaired) electrons. The standard InChI is InChI=1S/C19H25NO3.ClH/c1-14(19(22)16-8-10-17(21)11-9-16)20-12-4-6-15-5-3-7-18(13-15)23-2;/h3,5,7-11,13-14,19-22H,4,6,12H2,1-2H3;1H. The Morgan fingerprint density at radius 1 is 1.12 bits per heavy atom. The lowest BCUT2D eigenvalue weighted by molar-refractivity contribution is -0.694. The zero-order valence-corrected chi connectivity index (χ0v) is 14.9. The number of nitrogens with two attached hydrogens (primary N) is 1. The highest BCUT2D eigenvalue weighted by Crippen LogP contribution is 2.18. The van der Waals surface area contributed by atoms with Crippen LogP contribution in [0.4, 0.5) is 0 Å². The van der Waals surface area contributed by atoms with Gasteiger partial charge in [-0.2, -0.15) is 0 Å². The van der Waals surface area contributed by atoms with Crippen LogP contribution in [0.25, 0.3) is 0 Å². The minimum atomic E-state index is -0.535. The van der Waals surface area contributed by atoms with Gasteiger partial charge in [-0.1, -0.05) is 24.3 Å². The lowest BCUT2D eigenvalue weighted by Gasteiger charge is -2.18. The number of quaternary nitrogens is 1. The second kappa shape index (κ2) is 10.2. The predicted molar refractivity (Wildman–Crippen MR) is 90.6 cm³/mol. The molecule has 0 heterocycles. The van der Waals surface area contributed by atoms with Crippen LogP contribution in [-0.2, 0) is 6.42 Å². The van der Waals surface area contributed by atoms with Crippen molar-refractivity contribution < 1.29 is 32.7 Å². The molecule has 0 aliphatic heterocycles. The van der Waals surface area contributed by atoms with Crippen LogP contribution in [0.5, 0.6) is 11.5 Å². The van der Waals surface area contributed by atoms with Gasteiger partial charge in [0.2, 0.25) is 0 Å². The van der Waals surface area contributed by atoms with Gasteiger partial charge in [-0.3, -0.25) is 0 Å². The fourth-order valence-electron chi connectivity index (χ4n) is 2.62. The Balaban J connectivity index is 0.00000288. The highest BCUT2D eigenvalue weighted by molar-refractivity contribution is 5.28. The van der Waals surface area contributed by atoms with Crippen molar-refractivity contribution in [3.8, 4) is 11.5 Å². The summed E-state index contributed by atoms with van der Waals surface area (Å²) in [5.74, 6) is 1.11. The summed E-state index contributed by atoms with van der Waals surface area (Å²) in [5, 5.41) is 21.8. The van der Waals surface area contributed by atoms with E-state index < -0.39 is 6.10 Å². The number of phenols is 1. The van der Waals surface area contributed by atoms with Crippen molar-refractivity contribution in [1.82, 2.24) is 0 Å². The molecule has 132 valence electrons. The van der Waals surface area contributed by atoms with Gasteiger partial charge in [0, 0.05) is 6.42 Å². The van der Waals surface area contributed by atoms with E-state index in [1.54, 1.807) is 31.4 Å². The molecule has 0 aliphatic rings. The number of phenolic OH excluding ortho intramolecular Hbond substituents is 1. The van der Waals surface area contributed by atoms with Gasteiger partial charge in [0.1, 0.15) is 23.6 Å². The molecular formula is C19H26ClNO3. The van der Waals surface area contributed by atoms with Crippen LogP contribution in [0.3, 0.4) is 0 Å². The second-order valence-corrected chi connectivity index (χ2v) is 5.87. The number of halogens is 1. The second-order valence-electron chi connectivity index (χ2n) is 5.87. The van der Waals surface area contributed by atoms with Gasteiger partial charge in [0.15, 0.2) is 0 Å². The van der Waals surface area contributed by atoms with Crippen LogP contribution >= 0.6 is 0 Å². The molecule has 2 rings (SSSR count). The Hall–Kier alpha value is -1.75. The maximum atomic E-state index is 10.3. The number of methoxy groups -OCH3 is 1. The highest BCUT2D eigenvalue weighted by Gasteiger charge is 2.18. The van der Waals surface area contributed by atoms with E-state index >= 15 is 0 Å². The number of hydrogen-bond acceptors (Lipinski definition) is 3. The van der Waals surface area contributed by atoms with E-state index in [-0.39, 0.29) is 24.2 Å². The number of hydrogen-bond donors (Lipinski definition) is 3. The number of aliphatic hydroxyl groups excluding tert-OH is 1. The molecule has 0 saturated carbocycles. The van der Waals surface area contributed by atoms with Crippen LogP contribution in [0.2, 0.25) is 0 Å². The summed E-state index contributed by atoms with van der Waals surface area (Å²) in [6.07, 6.45) is 1.50. The van der Waals surface area contributed by atoms with Gasteiger partial charge in [-0.05, 0) is 48.7 Å². The average molecular weight is 352 g/mol. The van der Waals surface area contributed by atoms with E-state index in [9.17, 15) is 10.2 Å². The molecule has 0 amide bonds. The van der Waals surface area contributed by atoms with Crippen LogP contribution in [-0.4, -0.2) is 29.9 Å². The molecule has 2 atom stereocenters. The first-order valence-corrected chi connectivity index (χ1v) is 8.03. The van der Waals surface area contributed by atoms with Crippen LogP contribution in [0, 0.1) is 0 Å². The molecule has 2 aromatic carbocycles. The average Bonchev–Trinajstić information content (AvgIpc) is 2.58. The van der Waals surface area contributed by atoms with Crippen LogP contribution < -0.4 is 22.5 Å². The molecule has 4 N–H and O–H groups in total. The summed E-state index contributed by atoms with van der Waals surface area (Å²) in [4.78, 5) is 0. The smallest absolute Gasteiger partial charge is 0.130 e. The number of ether oxygens (including phenoxy) is 1. The molecule has 2 unspecified atom stereocenters. The van der Waals surface area contributed by atoms with Gasteiger partial charge >= 0.3 is 0 Å². The Bertz CT molecular complexity index is 604. The number of benzene rings is 2. The van der Waals surface area contributed by atoms with Crippen molar-refractivity contribution >= 4 is 0 Å². The number of rotatable bonds is 8. The Morgan fingerprint density at radius 2 is 1.83 bits per heavy atom. The lowest BCUT2D eigenvalue weighted by Crippen LogP contribution is -3.00. The zero-order valence-electron chi connectivity index (χ0n) is 14.2. The van der Waals surface area contributed by atoms with Gasteiger partial charge in [0.05, 0.1) is 13.7 Å². The quantitative estimate of drug-likeness (QED) is 0.536. The molecule has 5 heteroatoms. The normalized spacial score (nSPS) is 13.0. The Morgan fingerprint density at radius 3 is 2.50 bits per heavy atom. The molecule has 0 fully saturated rings. The van der Waals surface area contributed by atoms with Gasteiger partial charge < -0.3 is 32.7 Å². The summed E-state index contributed by atoms with van der Waals surface area (Å²) in [5.41, 5.74) is 2.10. The van der Waals surface area contributed by atoms with E-state index in [4.69, 9.17) is 4.74 Å². The summed E-state index contributed by atoms with van der Waals surface area (Å²) < 4.78 is 5.23. The highest BCUT2D eigenvalue weighted by atomic mass is 35.5.